The fourth-order valence-corrected chi connectivity index (χ4v) is 4.25. The Balaban J connectivity index is 1.36. The van der Waals surface area contributed by atoms with Crippen molar-refractivity contribution in [3.05, 3.63) is 96.9 Å². The third-order valence-electron chi connectivity index (χ3n) is 4.30. The molecule has 0 aliphatic carbocycles. The Bertz CT molecular complexity index is 1190. The van der Waals surface area contributed by atoms with Gasteiger partial charge in [0.25, 0.3) is 5.91 Å². The normalized spacial score (nSPS) is 10.8. The molecule has 0 spiro atoms. The molecule has 2 aromatic heterocycles. The molecule has 1 N–H and O–H groups in total. The van der Waals surface area contributed by atoms with E-state index in [2.05, 4.69) is 42.3 Å². The van der Waals surface area contributed by atoms with Crippen molar-refractivity contribution < 1.29 is 13.9 Å². The zero-order chi connectivity index (χ0) is 21.8. The largest absolute Gasteiger partial charge is 0.489 e. The molecule has 0 atom stereocenters. The number of carbonyl (C=O) groups excluding carboxylic acids is 1. The molecule has 5 nitrogen and oxygen atoms in total. The monoisotopic (exact) mass is 563 g/mol. The highest BCUT2D eigenvalue weighted by Crippen LogP contribution is 2.24. The predicted molar refractivity (Wildman–Crippen MR) is 126 cm³/mol. The van der Waals surface area contributed by atoms with Crippen molar-refractivity contribution in [3.8, 4) is 5.75 Å². The molecule has 0 aliphatic heterocycles. The number of rotatable bonds is 7. The maximum absolute atomic E-state index is 13.0. The molecule has 158 valence electrons. The van der Waals surface area contributed by atoms with E-state index in [1.807, 2.05) is 35.8 Å². The van der Waals surface area contributed by atoms with Gasteiger partial charge in [0.1, 0.15) is 18.2 Å². The van der Waals surface area contributed by atoms with E-state index in [9.17, 15) is 9.18 Å². The predicted octanol–water partition coefficient (Wildman–Crippen LogP) is 6.49. The van der Waals surface area contributed by atoms with Crippen LogP contribution in [0.2, 0.25) is 0 Å². The van der Waals surface area contributed by atoms with Gasteiger partial charge in [0, 0.05) is 16.2 Å². The van der Waals surface area contributed by atoms with Crippen LogP contribution in [-0.2, 0) is 13.2 Å². The van der Waals surface area contributed by atoms with Gasteiger partial charge in [0.2, 0.25) is 0 Å². The van der Waals surface area contributed by atoms with Crippen LogP contribution in [0.1, 0.15) is 20.8 Å². The summed E-state index contributed by atoms with van der Waals surface area (Å²) in [5.74, 6) is 0.471. The lowest BCUT2D eigenvalue weighted by Crippen LogP contribution is -2.11. The Hall–Kier alpha value is -2.49. The maximum atomic E-state index is 13.0. The minimum absolute atomic E-state index is 0.243. The number of halogens is 3. The van der Waals surface area contributed by atoms with Crippen molar-refractivity contribution in [1.29, 1.82) is 0 Å². The number of hydrogen-bond donors (Lipinski definition) is 1. The highest BCUT2D eigenvalue weighted by Gasteiger charge is 2.14. The molecule has 0 saturated heterocycles. The van der Waals surface area contributed by atoms with Crippen molar-refractivity contribution >= 4 is 54.9 Å². The van der Waals surface area contributed by atoms with E-state index in [-0.39, 0.29) is 11.7 Å². The van der Waals surface area contributed by atoms with Crippen molar-refractivity contribution in [1.82, 2.24) is 9.78 Å². The molecular weight excluding hydrogens is 549 g/mol. The minimum Gasteiger partial charge on any atom is -0.489 e. The second kappa shape index (κ2) is 9.76. The topological polar surface area (TPSA) is 56.2 Å². The first kappa shape index (κ1) is 21.7. The molecule has 2 aromatic carbocycles. The average molecular weight is 565 g/mol. The van der Waals surface area contributed by atoms with Gasteiger partial charge in [-0.05, 0) is 69.3 Å². The summed E-state index contributed by atoms with van der Waals surface area (Å²) in [6.07, 6.45) is 1.83. The standard InChI is InChI=1S/C22H16Br2FN3O2S/c23-16-3-1-14(2-4-16)10-28-11-19(24)21(27-28)26-22(29)20-9-15(13-31-20)12-30-18-7-5-17(25)6-8-18/h1-9,11,13H,10,12H2,(H,26,27,29). The highest BCUT2D eigenvalue weighted by molar-refractivity contribution is 9.10. The van der Waals surface area contributed by atoms with Crippen LogP contribution < -0.4 is 10.1 Å². The maximum Gasteiger partial charge on any atom is 0.266 e. The van der Waals surface area contributed by atoms with Gasteiger partial charge in [-0.15, -0.1) is 11.3 Å². The first-order valence-electron chi connectivity index (χ1n) is 9.21. The van der Waals surface area contributed by atoms with Crippen molar-refractivity contribution in [2.75, 3.05) is 5.32 Å². The molecular formula is C22H16Br2FN3O2S. The number of carbonyl (C=O) groups is 1. The first-order chi connectivity index (χ1) is 15.0. The molecule has 0 fully saturated rings. The fraction of sp³-hybridized carbons (Fsp3) is 0.0909. The Kier molecular flexibility index (Phi) is 6.84. The van der Waals surface area contributed by atoms with Crippen molar-refractivity contribution in [2.45, 2.75) is 13.2 Å². The number of thiophene rings is 1. The third-order valence-corrected chi connectivity index (χ3v) is 6.39. The van der Waals surface area contributed by atoms with E-state index in [4.69, 9.17) is 4.74 Å². The zero-order valence-electron chi connectivity index (χ0n) is 16.0. The van der Waals surface area contributed by atoms with Crippen LogP contribution in [0.25, 0.3) is 0 Å². The molecule has 4 aromatic rings. The van der Waals surface area contributed by atoms with E-state index in [1.165, 1.54) is 23.5 Å². The van der Waals surface area contributed by atoms with Crippen molar-refractivity contribution in [3.63, 3.8) is 0 Å². The Morgan fingerprint density at radius 3 is 2.58 bits per heavy atom. The molecule has 0 unspecified atom stereocenters. The van der Waals surface area contributed by atoms with Gasteiger partial charge < -0.3 is 10.1 Å². The van der Waals surface area contributed by atoms with Gasteiger partial charge in [-0.1, -0.05) is 28.1 Å². The fourth-order valence-electron chi connectivity index (χ4n) is 2.78. The number of hydrogen-bond acceptors (Lipinski definition) is 4. The van der Waals surface area contributed by atoms with Gasteiger partial charge in [-0.3, -0.25) is 9.48 Å². The number of benzene rings is 2. The molecule has 0 bridgehead atoms. The molecule has 4 rings (SSSR count). The molecule has 0 aliphatic rings. The lowest BCUT2D eigenvalue weighted by atomic mass is 10.2. The summed E-state index contributed by atoms with van der Waals surface area (Å²) in [6, 6.07) is 15.6. The smallest absolute Gasteiger partial charge is 0.266 e. The SMILES string of the molecule is O=C(Nc1nn(Cc2ccc(Br)cc2)cc1Br)c1cc(COc2ccc(F)cc2)cs1. The van der Waals surface area contributed by atoms with E-state index in [0.29, 0.717) is 34.1 Å². The van der Waals surface area contributed by atoms with Crippen LogP contribution in [0, 0.1) is 5.82 Å². The van der Waals surface area contributed by atoms with E-state index in [0.717, 1.165) is 15.6 Å². The van der Waals surface area contributed by atoms with E-state index >= 15 is 0 Å². The minimum atomic E-state index is -0.313. The zero-order valence-corrected chi connectivity index (χ0v) is 20.0. The summed E-state index contributed by atoms with van der Waals surface area (Å²) >= 11 is 8.20. The summed E-state index contributed by atoms with van der Waals surface area (Å²) in [5, 5.41) is 9.16. The average Bonchev–Trinajstić information content (AvgIpc) is 3.36. The molecule has 1 amide bonds. The van der Waals surface area contributed by atoms with Crippen LogP contribution in [-0.4, -0.2) is 15.7 Å². The summed E-state index contributed by atoms with van der Waals surface area (Å²) in [7, 11) is 0. The number of nitrogens with one attached hydrogen (secondary N) is 1. The van der Waals surface area contributed by atoms with Gasteiger partial charge in [-0.2, -0.15) is 5.10 Å². The number of aromatic nitrogens is 2. The van der Waals surface area contributed by atoms with Gasteiger partial charge in [0.05, 0.1) is 15.9 Å². The van der Waals surface area contributed by atoms with Gasteiger partial charge in [0.15, 0.2) is 5.82 Å². The van der Waals surface area contributed by atoms with Gasteiger partial charge in [-0.25, -0.2) is 4.39 Å². The van der Waals surface area contributed by atoms with E-state index < -0.39 is 0 Å². The lowest BCUT2D eigenvalue weighted by molar-refractivity contribution is 0.103. The second-order valence-electron chi connectivity index (χ2n) is 6.67. The summed E-state index contributed by atoms with van der Waals surface area (Å²) < 4.78 is 22.1. The Morgan fingerprint density at radius 2 is 1.84 bits per heavy atom. The van der Waals surface area contributed by atoms with Crippen LogP contribution in [0.5, 0.6) is 5.75 Å². The van der Waals surface area contributed by atoms with Crippen molar-refractivity contribution in [2.24, 2.45) is 0 Å². The quantitative estimate of drug-likeness (QED) is 0.279. The highest BCUT2D eigenvalue weighted by atomic mass is 79.9. The summed E-state index contributed by atoms with van der Waals surface area (Å²) in [6.45, 7) is 0.881. The van der Waals surface area contributed by atoms with Crippen LogP contribution in [0.3, 0.4) is 0 Å². The van der Waals surface area contributed by atoms with Crippen LogP contribution in [0.4, 0.5) is 10.2 Å². The third kappa shape index (κ3) is 5.81. The number of ether oxygens (including phenoxy) is 1. The number of amides is 1. The van der Waals surface area contributed by atoms with Crippen LogP contribution >= 0.6 is 43.2 Å². The molecule has 0 saturated carbocycles. The lowest BCUT2D eigenvalue weighted by Gasteiger charge is -2.04. The van der Waals surface area contributed by atoms with Crippen LogP contribution in [0.15, 0.2) is 75.1 Å². The Morgan fingerprint density at radius 1 is 1.10 bits per heavy atom. The first-order valence-corrected chi connectivity index (χ1v) is 11.7. The number of nitrogens with zero attached hydrogens (tertiary/aromatic N) is 2. The van der Waals surface area contributed by atoms with E-state index in [1.54, 1.807) is 22.9 Å². The molecule has 31 heavy (non-hydrogen) atoms. The summed E-state index contributed by atoms with van der Waals surface area (Å²) in [5.41, 5.74) is 1.96. The molecule has 0 radical (unpaired) electrons. The Labute approximate surface area is 199 Å². The summed E-state index contributed by atoms with van der Waals surface area (Å²) in [4.78, 5) is 13.2. The second-order valence-corrected chi connectivity index (χ2v) is 9.35. The molecule has 9 heteroatoms. The number of anilines is 1. The molecule has 2 heterocycles. The van der Waals surface area contributed by atoms with Gasteiger partial charge >= 0.3 is 0 Å².